The van der Waals surface area contributed by atoms with Crippen LogP contribution >= 0.6 is 23.1 Å². The molecule has 1 aromatic carbocycles. The van der Waals surface area contributed by atoms with Crippen molar-refractivity contribution in [2.24, 2.45) is 5.92 Å². The Morgan fingerprint density at radius 1 is 1.27 bits per heavy atom. The van der Waals surface area contributed by atoms with Crippen molar-refractivity contribution in [2.75, 3.05) is 18.4 Å². The van der Waals surface area contributed by atoms with Gasteiger partial charge in [0.15, 0.2) is 4.34 Å². The average molecular weight is 472 g/mol. The SMILES string of the molecule is CC1CCN(S(=O)(=O)c2ccc(Sc3nnc(NC(C)(C)C)s3)c([N+](=O)[O-])c2)CC1. The van der Waals surface area contributed by atoms with Gasteiger partial charge < -0.3 is 5.32 Å². The zero-order valence-electron chi connectivity index (χ0n) is 17.3. The van der Waals surface area contributed by atoms with Gasteiger partial charge in [-0.2, -0.15) is 4.31 Å². The van der Waals surface area contributed by atoms with E-state index in [1.165, 1.54) is 27.8 Å². The monoisotopic (exact) mass is 471 g/mol. The molecule has 0 aliphatic carbocycles. The minimum atomic E-state index is -3.76. The molecule has 1 aromatic heterocycles. The lowest BCUT2D eigenvalue weighted by Gasteiger charge is -2.29. The molecule has 12 heteroatoms. The van der Waals surface area contributed by atoms with Gasteiger partial charge in [0.05, 0.1) is 14.7 Å². The Kier molecular flexibility index (Phi) is 6.70. The average Bonchev–Trinajstić information content (AvgIpc) is 3.07. The van der Waals surface area contributed by atoms with Gasteiger partial charge in [-0.25, -0.2) is 8.42 Å². The number of nitro groups is 1. The van der Waals surface area contributed by atoms with E-state index in [9.17, 15) is 18.5 Å². The van der Waals surface area contributed by atoms with Crippen molar-refractivity contribution < 1.29 is 13.3 Å². The highest BCUT2D eigenvalue weighted by Crippen LogP contribution is 2.39. The van der Waals surface area contributed by atoms with Crippen LogP contribution in [0.4, 0.5) is 10.8 Å². The minimum absolute atomic E-state index is 0.0551. The van der Waals surface area contributed by atoms with Gasteiger partial charge >= 0.3 is 0 Å². The third-order valence-corrected chi connectivity index (χ3v) is 8.44. The lowest BCUT2D eigenvalue weighted by atomic mass is 10.0. The number of nitrogens with zero attached hydrogens (tertiary/aromatic N) is 4. The maximum atomic E-state index is 12.9. The van der Waals surface area contributed by atoms with E-state index in [4.69, 9.17) is 0 Å². The van der Waals surface area contributed by atoms with Crippen molar-refractivity contribution in [3.8, 4) is 0 Å². The lowest BCUT2D eigenvalue weighted by molar-refractivity contribution is -0.388. The van der Waals surface area contributed by atoms with Crippen LogP contribution in [0.3, 0.4) is 0 Å². The molecule has 0 spiro atoms. The maximum Gasteiger partial charge on any atom is 0.284 e. The molecule has 0 saturated carbocycles. The first kappa shape index (κ1) is 22.9. The molecule has 9 nitrogen and oxygen atoms in total. The number of nitrogens with one attached hydrogen (secondary N) is 1. The van der Waals surface area contributed by atoms with Gasteiger partial charge in [0.25, 0.3) is 5.69 Å². The number of nitro benzene ring substituents is 1. The quantitative estimate of drug-likeness (QED) is 0.491. The van der Waals surface area contributed by atoms with Gasteiger partial charge in [-0.05, 0) is 63.4 Å². The second kappa shape index (κ2) is 8.77. The molecule has 0 unspecified atom stereocenters. The first-order valence-corrected chi connectivity index (χ1v) is 12.6. The Bertz CT molecular complexity index is 1020. The summed E-state index contributed by atoms with van der Waals surface area (Å²) >= 11 is 2.39. The first-order valence-electron chi connectivity index (χ1n) is 9.54. The van der Waals surface area contributed by atoms with Crippen molar-refractivity contribution in [2.45, 2.75) is 60.2 Å². The van der Waals surface area contributed by atoms with E-state index < -0.39 is 14.9 Å². The number of benzene rings is 1. The second-order valence-electron chi connectivity index (χ2n) is 8.32. The molecule has 2 heterocycles. The summed E-state index contributed by atoms with van der Waals surface area (Å²) in [6, 6.07) is 4.05. The fourth-order valence-electron chi connectivity index (χ4n) is 2.98. The standard InChI is InChI=1S/C18H25N5O4S3/c1-12-7-9-22(10-8-12)30(26,27)13-5-6-15(14(11-13)23(24)25)28-17-21-20-16(29-17)19-18(2,3)4/h5-6,11-12H,7-10H2,1-4H3,(H,19,20). The fraction of sp³-hybridized carbons (Fsp3) is 0.556. The highest BCUT2D eigenvalue weighted by molar-refractivity contribution is 8.01. The zero-order valence-corrected chi connectivity index (χ0v) is 19.7. The summed E-state index contributed by atoms with van der Waals surface area (Å²) in [6.07, 6.45) is 1.58. The molecule has 0 bridgehead atoms. The number of anilines is 1. The van der Waals surface area contributed by atoms with Crippen molar-refractivity contribution in [1.29, 1.82) is 0 Å². The normalized spacial score (nSPS) is 16.5. The Morgan fingerprint density at radius 2 is 1.93 bits per heavy atom. The summed E-state index contributed by atoms with van der Waals surface area (Å²) in [4.78, 5) is 11.4. The third kappa shape index (κ3) is 5.48. The predicted octanol–water partition coefficient (Wildman–Crippen LogP) is 4.23. The molecule has 2 aromatic rings. The lowest BCUT2D eigenvalue weighted by Crippen LogP contribution is -2.37. The van der Waals surface area contributed by atoms with Crippen LogP contribution in [0.25, 0.3) is 0 Å². The Hall–Kier alpha value is -1.76. The van der Waals surface area contributed by atoms with Crippen molar-refractivity contribution >= 4 is 43.9 Å². The van der Waals surface area contributed by atoms with Crippen molar-refractivity contribution in [3.05, 3.63) is 28.3 Å². The van der Waals surface area contributed by atoms with Crippen LogP contribution in [0, 0.1) is 16.0 Å². The van der Waals surface area contributed by atoms with Crippen LogP contribution in [-0.2, 0) is 10.0 Å². The maximum absolute atomic E-state index is 12.9. The van der Waals surface area contributed by atoms with Crippen LogP contribution in [-0.4, -0.2) is 46.5 Å². The molecule has 1 N–H and O–H groups in total. The molecule has 0 amide bonds. The van der Waals surface area contributed by atoms with Crippen LogP contribution in [0.15, 0.2) is 32.3 Å². The Balaban J connectivity index is 1.85. The molecule has 164 valence electrons. The molecule has 3 rings (SSSR count). The molecular formula is C18H25N5O4S3. The molecule has 1 aliphatic heterocycles. The number of aromatic nitrogens is 2. The molecule has 1 fully saturated rings. The Labute approximate surface area is 184 Å². The fourth-order valence-corrected chi connectivity index (χ4v) is 6.47. The molecule has 1 saturated heterocycles. The summed E-state index contributed by atoms with van der Waals surface area (Å²) in [7, 11) is -3.76. The van der Waals surface area contributed by atoms with Crippen LogP contribution in [0.1, 0.15) is 40.5 Å². The van der Waals surface area contributed by atoms with Crippen molar-refractivity contribution in [1.82, 2.24) is 14.5 Å². The van der Waals surface area contributed by atoms with E-state index in [0.717, 1.165) is 30.7 Å². The van der Waals surface area contributed by atoms with Gasteiger partial charge in [-0.15, -0.1) is 10.2 Å². The number of piperidine rings is 1. The largest absolute Gasteiger partial charge is 0.355 e. The van der Waals surface area contributed by atoms with Crippen LogP contribution in [0.2, 0.25) is 0 Å². The summed E-state index contributed by atoms with van der Waals surface area (Å²) in [5.41, 5.74) is -0.442. The van der Waals surface area contributed by atoms with E-state index >= 15 is 0 Å². The molecular weight excluding hydrogens is 446 g/mol. The van der Waals surface area contributed by atoms with Gasteiger partial charge in [-0.1, -0.05) is 18.3 Å². The zero-order chi connectivity index (χ0) is 22.1. The molecule has 0 radical (unpaired) electrons. The summed E-state index contributed by atoms with van der Waals surface area (Å²) in [6.45, 7) is 8.94. The van der Waals surface area contributed by atoms with Gasteiger partial charge in [0, 0.05) is 24.7 Å². The number of hydrogen-bond acceptors (Lipinski definition) is 9. The second-order valence-corrected chi connectivity index (χ2v) is 12.5. The van der Waals surface area contributed by atoms with Gasteiger partial charge in [0.2, 0.25) is 15.2 Å². The predicted molar refractivity (Wildman–Crippen MR) is 118 cm³/mol. The minimum Gasteiger partial charge on any atom is -0.355 e. The number of sulfonamides is 1. The molecule has 0 atom stereocenters. The van der Waals surface area contributed by atoms with Crippen molar-refractivity contribution in [3.63, 3.8) is 0 Å². The van der Waals surface area contributed by atoms with E-state index in [1.807, 2.05) is 20.8 Å². The number of hydrogen-bond donors (Lipinski definition) is 1. The molecule has 1 aliphatic rings. The van der Waals surface area contributed by atoms with Crippen LogP contribution < -0.4 is 5.32 Å². The highest BCUT2D eigenvalue weighted by Gasteiger charge is 2.30. The highest BCUT2D eigenvalue weighted by atomic mass is 32.2. The van der Waals surface area contributed by atoms with Gasteiger partial charge in [-0.3, -0.25) is 10.1 Å². The van der Waals surface area contributed by atoms with E-state index in [1.54, 1.807) is 0 Å². The third-order valence-electron chi connectivity index (χ3n) is 4.59. The van der Waals surface area contributed by atoms with E-state index in [0.29, 0.717) is 33.4 Å². The first-order chi connectivity index (χ1) is 14.0. The van der Waals surface area contributed by atoms with Crippen LogP contribution in [0.5, 0.6) is 0 Å². The summed E-state index contributed by atoms with van der Waals surface area (Å²) < 4.78 is 27.8. The topological polar surface area (TPSA) is 118 Å². The van der Waals surface area contributed by atoms with E-state index in [2.05, 4.69) is 22.4 Å². The molecule has 30 heavy (non-hydrogen) atoms. The summed E-state index contributed by atoms with van der Waals surface area (Å²) in [5.74, 6) is 0.481. The Morgan fingerprint density at radius 3 is 2.53 bits per heavy atom. The van der Waals surface area contributed by atoms with Gasteiger partial charge in [0.1, 0.15) is 0 Å². The number of rotatable bonds is 6. The summed E-state index contributed by atoms with van der Waals surface area (Å²) in [5, 5.41) is 23.6. The van der Waals surface area contributed by atoms with E-state index in [-0.39, 0.29) is 16.1 Å². The smallest absolute Gasteiger partial charge is 0.284 e.